The van der Waals surface area contributed by atoms with E-state index in [4.69, 9.17) is 9.47 Å². The summed E-state index contributed by atoms with van der Waals surface area (Å²) in [6.45, 7) is 17.8. The van der Waals surface area contributed by atoms with Crippen molar-refractivity contribution in [1.29, 1.82) is 0 Å². The molecular formula is C34H48O7. The number of hydrogen-bond donors (Lipinski definition) is 1. The first-order valence-corrected chi connectivity index (χ1v) is 15.1. The van der Waals surface area contributed by atoms with Crippen LogP contribution in [-0.2, 0) is 28.7 Å². The van der Waals surface area contributed by atoms with Crippen molar-refractivity contribution in [3.05, 3.63) is 34.9 Å². The highest BCUT2D eigenvalue weighted by Gasteiger charge is 2.67. The van der Waals surface area contributed by atoms with E-state index in [1.54, 1.807) is 0 Å². The average molecular weight is 569 g/mol. The molecule has 2 fully saturated rings. The van der Waals surface area contributed by atoms with E-state index in [0.717, 1.165) is 25.7 Å². The van der Waals surface area contributed by atoms with E-state index in [2.05, 4.69) is 53.7 Å². The van der Waals surface area contributed by atoms with Crippen LogP contribution in [0.25, 0.3) is 0 Å². The summed E-state index contributed by atoms with van der Waals surface area (Å²) < 4.78 is 11.9. The van der Waals surface area contributed by atoms with Gasteiger partial charge in [0.1, 0.15) is 12.2 Å². The number of carbonyl (C=O) groups is 4. The number of carbonyl (C=O) groups excluding carboxylic acids is 3. The Hall–Kier alpha value is -2.70. The molecule has 0 heterocycles. The van der Waals surface area contributed by atoms with Crippen LogP contribution in [0, 0.1) is 39.4 Å². The number of ether oxygens (including phenoxy) is 2. The number of ketones is 1. The van der Waals surface area contributed by atoms with Crippen molar-refractivity contribution in [2.75, 3.05) is 0 Å². The molecule has 0 aliphatic heterocycles. The molecule has 8 atom stereocenters. The summed E-state index contributed by atoms with van der Waals surface area (Å²) in [5.41, 5.74) is 1.63. The third-order valence-corrected chi connectivity index (χ3v) is 11.8. The molecular weight excluding hydrogens is 520 g/mol. The molecule has 0 amide bonds. The summed E-state index contributed by atoms with van der Waals surface area (Å²) in [6, 6.07) is 0. The second kappa shape index (κ2) is 10.5. The number of allylic oxidation sites excluding steroid dienone is 4. The Morgan fingerprint density at radius 1 is 0.976 bits per heavy atom. The van der Waals surface area contributed by atoms with Gasteiger partial charge in [0.2, 0.25) is 0 Å². The second-order valence-corrected chi connectivity index (χ2v) is 14.4. The minimum atomic E-state index is -1.09. The van der Waals surface area contributed by atoms with Crippen LogP contribution in [0.5, 0.6) is 0 Å². The van der Waals surface area contributed by atoms with Crippen LogP contribution in [0.2, 0.25) is 0 Å². The minimum Gasteiger partial charge on any atom is -0.478 e. The van der Waals surface area contributed by atoms with E-state index >= 15 is 0 Å². The summed E-state index contributed by atoms with van der Waals surface area (Å²) in [6.07, 6.45) is 9.82. The largest absolute Gasteiger partial charge is 0.478 e. The molecule has 2 saturated carbocycles. The zero-order valence-electron chi connectivity index (χ0n) is 26.3. The maximum Gasteiger partial charge on any atom is 0.331 e. The highest BCUT2D eigenvalue weighted by Crippen LogP contribution is 2.72. The van der Waals surface area contributed by atoms with Gasteiger partial charge in [0.15, 0.2) is 5.78 Å². The first kappa shape index (κ1) is 31.2. The number of carboxylic acids is 1. The Morgan fingerprint density at radius 3 is 2.17 bits per heavy atom. The van der Waals surface area contributed by atoms with Crippen molar-refractivity contribution in [2.45, 2.75) is 113 Å². The molecule has 7 nitrogen and oxygen atoms in total. The average Bonchev–Trinajstić information content (AvgIpc) is 3.07. The van der Waals surface area contributed by atoms with Crippen molar-refractivity contribution >= 4 is 23.7 Å². The molecule has 0 bridgehead atoms. The van der Waals surface area contributed by atoms with E-state index in [-0.39, 0.29) is 70.0 Å². The number of fused-ring (bicyclic) bond motifs is 5. The third kappa shape index (κ3) is 4.91. The van der Waals surface area contributed by atoms with Gasteiger partial charge in [0.25, 0.3) is 0 Å². The van der Waals surface area contributed by atoms with Gasteiger partial charge >= 0.3 is 17.9 Å². The fourth-order valence-corrected chi connectivity index (χ4v) is 9.49. The molecule has 0 spiro atoms. The van der Waals surface area contributed by atoms with Gasteiger partial charge in [-0.05, 0) is 84.8 Å². The summed E-state index contributed by atoms with van der Waals surface area (Å²) >= 11 is 0. The highest BCUT2D eigenvalue weighted by atomic mass is 16.5. The molecule has 1 N–H and O–H groups in total. The zero-order valence-corrected chi connectivity index (χ0v) is 26.3. The lowest BCUT2D eigenvalue weighted by Crippen LogP contribution is -2.56. The topological polar surface area (TPSA) is 107 Å². The molecule has 0 saturated heterocycles. The molecule has 41 heavy (non-hydrogen) atoms. The molecule has 0 unspecified atom stereocenters. The summed E-state index contributed by atoms with van der Waals surface area (Å²) in [5, 5.41) is 9.22. The minimum absolute atomic E-state index is 0.0224. The lowest BCUT2D eigenvalue weighted by molar-refractivity contribution is -0.166. The van der Waals surface area contributed by atoms with Gasteiger partial charge in [-0.15, -0.1) is 0 Å². The molecule has 226 valence electrons. The van der Waals surface area contributed by atoms with Crippen molar-refractivity contribution in [1.82, 2.24) is 0 Å². The van der Waals surface area contributed by atoms with Gasteiger partial charge < -0.3 is 14.6 Å². The Morgan fingerprint density at radius 2 is 1.59 bits per heavy atom. The third-order valence-electron chi connectivity index (χ3n) is 11.8. The Kier molecular flexibility index (Phi) is 8.03. The fourth-order valence-electron chi connectivity index (χ4n) is 9.49. The molecule has 0 aromatic carbocycles. The normalized spacial score (nSPS) is 38.3. The molecule has 7 heteroatoms. The Balaban J connectivity index is 1.74. The van der Waals surface area contributed by atoms with Crippen LogP contribution in [0.15, 0.2) is 34.9 Å². The molecule has 4 aliphatic carbocycles. The van der Waals surface area contributed by atoms with Crippen molar-refractivity contribution < 1.29 is 33.8 Å². The lowest BCUT2D eigenvalue weighted by atomic mass is 9.44. The van der Waals surface area contributed by atoms with Crippen molar-refractivity contribution in [3.63, 3.8) is 0 Å². The fraction of sp³-hybridized carbons (Fsp3) is 0.706. The van der Waals surface area contributed by atoms with Crippen molar-refractivity contribution in [2.24, 2.45) is 39.4 Å². The Labute approximate surface area is 244 Å². The van der Waals surface area contributed by atoms with Crippen LogP contribution in [0.1, 0.15) is 101 Å². The van der Waals surface area contributed by atoms with Crippen LogP contribution >= 0.6 is 0 Å². The van der Waals surface area contributed by atoms with Gasteiger partial charge in [-0.1, -0.05) is 53.7 Å². The van der Waals surface area contributed by atoms with E-state index in [1.807, 2.05) is 0 Å². The van der Waals surface area contributed by atoms with E-state index in [0.29, 0.717) is 12.3 Å². The SMILES string of the molecule is CC(=O)O[C@H]1C[C@H]([C@H](C)CC(=O)/C=C(\C)C(=O)O)[C@@]2(C)CC=C3C(=CC[C@H]4C(C)(C)[C@H](OC(C)=O)CC[C@]34C)[C@]12C. The van der Waals surface area contributed by atoms with Crippen LogP contribution in [-0.4, -0.2) is 41.0 Å². The molecule has 4 aliphatic rings. The first-order chi connectivity index (χ1) is 18.9. The highest BCUT2D eigenvalue weighted by molar-refractivity contribution is 5.98. The number of rotatable bonds is 7. The zero-order chi connectivity index (χ0) is 30.7. The quantitative estimate of drug-likeness (QED) is 0.272. The molecule has 0 aromatic heterocycles. The number of carboxylic acid groups (broad SMARTS) is 1. The van der Waals surface area contributed by atoms with Crippen LogP contribution < -0.4 is 0 Å². The van der Waals surface area contributed by atoms with Gasteiger partial charge in [0, 0.05) is 36.7 Å². The van der Waals surface area contributed by atoms with Gasteiger partial charge in [-0.25, -0.2) is 4.79 Å². The van der Waals surface area contributed by atoms with E-state index < -0.39 is 11.4 Å². The van der Waals surface area contributed by atoms with Gasteiger partial charge in [-0.3, -0.25) is 14.4 Å². The maximum atomic E-state index is 12.8. The van der Waals surface area contributed by atoms with E-state index in [1.165, 1.54) is 38.0 Å². The summed E-state index contributed by atoms with van der Waals surface area (Å²) in [4.78, 5) is 48.4. The van der Waals surface area contributed by atoms with Crippen molar-refractivity contribution in [3.8, 4) is 0 Å². The first-order valence-electron chi connectivity index (χ1n) is 15.1. The Bertz CT molecular complexity index is 1240. The maximum absolute atomic E-state index is 12.8. The van der Waals surface area contributed by atoms with Crippen LogP contribution in [0.3, 0.4) is 0 Å². The number of esters is 2. The summed E-state index contributed by atoms with van der Waals surface area (Å²) in [7, 11) is 0. The van der Waals surface area contributed by atoms with E-state index in [9.17, 15) is 24.3 Å². The smallest absolute Gasteiger partial charge is 0.331 e. The standard InChI is InChI=1S/C34H48O7/c1-19(16-23(37)17-20(2)30(38)39)26-18-29(41-22(4)36)34(9)25-10-11-27-31(5,6)28(40-21(3)35)13-14-32(27,7)24(25)12-15-33(26,34)8/h10,12,17,19,26-29H,11,13-16,18H2,1-9H3,(H,38,39)/b20-17+/t19-,26-,27+,28-,29+,32-,33-,34-/m1/s1. The monoisotopic (exact) mass is 568 g/mol. The molecule has 4 rings (SSSR count). The summed E-state index contributed by atoms with van der Waals surface area (Å²) in [5.74, 6) is -1.45. The molecule has 0 radical (unpaired) electrons. The predicted octanol–water partition coefficient (Wildman–Crippen LogP) is 6.61. The van der Waals surface area contributed by atoms with Crippen LogP contribution in [0.4, 0.5) is 0 Å². The second-order valence-electron chi connectivity index (χ2n) is 14.4. The lowest BCUT2D eigenvalue weighted by Gasteiger charge is -2.61. The predicted molar refractivity (Wildman–Crippen MR) is 156 cm³/mol. The van der Waals surface area contributed by atoms with Gasteiger partial charge in [0.05, 0.1) is 0 Å². The molecule has 0 aromatic rings. The number of hydrogen-bond acceptors (Lipinski definition) is 6. The van der Waals surface area contributed by atoms with Gasteiger partial charge in [-0.2, -0.15) is 0 Å². The number of aliphatic carboxylic acids is 1.